The van der Waals surface area contributed by atoms with Crippen LogP contribution in [0.3, 0.4) is 0 Å². The quantitative estimate of drug-likeness (QED) is 0.614. The zero-order valence-electron chi connectivity index (χ0n) is 8.00. The van der Waals surface area contributed by atoms with E-state index in [4.69, 9.17) is 5.26 Å². The van der Waals surface area contributed by atoms with E-state index >= 15 is 0 Å². The highest BCUT2D eigenvalue weighted by molar-refractivity contribution is 7.10. The molecule has 13 heavy (non-hydrogen) atoms. The van der Waals surface area contributed by atoms with Gasteiger partial charge in [0.1, 0.15) is 0 Å². The van der Waals surface area contributed by atoms with Crippen LogP contribution in [0.2, 0.25) is 0 Å². The number of nitrogens with zero attached hydrogens (tertiary/aromatic N) is 1. The first-order valence-electron chi connectivity index (χ1n) is 4.59. The van der Waals surface area contributed by atoms with E-state index in [1.165, 1.54) is 4.88 Å². The summed E-state index contributed by atoms with van der Waals surface area (Å²) in [5, 5.41) is 10.8. The summed E-state index contributed by atoms with van der Waals surface area (Å²) < 4.78 is 0. The second kappa shape index (κ2) is 4.84. The summed E-state index contributed by atoms with van der Waals surface area (Å²) in [5.41, 5.74) is 2.01. The summed E-state index contributed by atoms with van der Waals surface area (Å²) in [6.07, 6.45) is 4.16. The van der Waals surface area contributed by atoms with Crippen LogP contribution >= 0.6 is 11.3 Å². The Labute approximate surface area is 83.3 Å². The number of nitriles is 1. The lowest BCUT2D eigenvalue weighted by molar-refractivity contribution is 1.01. The van der Waals surface area contributed by atoms with Gasteiger partial charge in [0.25, 0.3) is 0 Å². The molecule has 0 unspecified atom stereocenters. The van der Waals surface area contributed by atoms with Crippen LogP contribution in [-0.2, 0) is 6.42 Å². The summed E-state index contributed by atoms with van der Waals surface area (Å²) in [4.78, 5) is 1.36. The minimum absolute atomic E-state index is 0.854. The topological polar surface area (TPSA) is 23.8 Å². The Morgan fingerprint density at radius 1 is 1.46 bits per heavy atom. The van der Waals surface area contributed by atoms with Crippen LogP contribution in [0.1, 0.15) is 30.7 Å². The molecule has 1 aromatic heterocycles. The number of aryl methyl sites for hydroxylation is 1. The van der Waals surface area contributed by atoms with E-state index in [0.717, 1.165) is 24.0 Å². The number of thiophene rings is 1. The van der Waals surface area contributed by atoms with Gasteiger partial charge in [-0.05, 0) is 24.3 Å². The monoisotopic (exact) mass is 191 g/mol. The fraction of sp³-hybridized carbons (Fsp3) is 0.364. The summed E-state index contributed by atoms with van der Waals surface area (Å²) in [6, 6.07) is 4.25. The molecule has 0 amide bonds. The molecule has 0 N–H and O–H groups in total. The lowest BCUT2D eigenvalue weighted by Crippen LogP contribution is -1.92. The molecule has 1 aliphatic carbocycles. The average molecular weight is 191 g/mol. The van der Waals surface area contributed by atoms with Crippen molar-refractivity contribution in [2.45, 2.75) is 26.7 Å². The minimum atomic E-state index is 0.854. The molecule has 0 fully saturated rings. The first kappa shape index (κ1) is 10.0. The Kier molecular flexibility index (Phi) is 3.72. The Balaban J connectivity index is 0.000000396. The van der Waals surface area contributed by atoms with Crippen molar-refractivity contribution in [3.8, 4) is 6.07 Å². The lowest BCUT2D eigenvalue weighted by Gasteiger charge is -2.06. The van der Waals surface area contributed by atoms with Crippen LogP contribution in [0.15, 0.2) is 17.5 Å². The molecule has 0 aromatic carbocycles. The number of rotatable bonds is 0. The van der Waals surface area contributed by atoms with Gasteiger partial charge in [0.05, 0.1) is 11.6 Å². The van der Waals surface area contributed by atoms with Gasteiger partial charge in [-0.1, -0.05) is 19.9 Å². The molecule has 0 spiro atoms. The summed E-state index contributed by atoms with van der Waals surface area (Å²) in [7, 11) is 0. The first-order valence-corrected chi connectivity index (χ1v) is 5.47. The van der Waals surface area contributed by atoms with Crippen LogP contribution in [-0.4, -0.2) is 0 Å². The van der Waals surface area contributed by atoms with Gasteiger partial charge in [0, 0.05) is 10.4 Å². The van der Waals surface area contributed by atoms with Gasteiger partial charge in [0.15, 0.2) is 0 Å². The van der Waals surface area contributed by atoms with Crippen molar-refractivity contribution in [3.05, 3.63) is 28.0 Å². The molecule has 1 aliphatic rings. The number of fused-ring (bicyclic) bond motifs is 1. The highest BCUT2D eigenvalue weighted by atomic mass is 32.1. The van der Waals surface area contributed by atoms with Gasteiger partial charge in [-0.15, -0.1) is 11.3 Å². The molecular formula is C11H13NS. The third-order valence-electron chi connectivity index (χ3n) is 1.88. The summed E-state index contributed by atoms with van der Waals surface area (Å²) in [5.74, 6) is 0. The molecule has 68 valence electrons. The molecule has 2 heteroatoms. The highest BCUT2D eigenvalue weighted by Crippen LogP contribution is 2.29. The van der Waals surface area contributed by atoms with Crippen molar-refractivity contribution in [1.29, 1.82) is 5.26 Å². The molecule has 1 aromatic rings. The van der Waals surface area contributed by atoms with E-state index in [1.807, 2.05) is 26.0 Å². The van der Waals surface area contributed by atoms with Crippen LogP contribution in [0, 0.1) is 11.3 Å². The van der Waals surface area contributed by atoms with Crippen molar-refractivity contribution in [2.24, 2.45) is 0 Å². The Hall–Kier alpha value is -1.07. The number of hydrogen-bond donors (Lipinski definition) is 0. The normalized spacial score (nSPS) is 13.2. The van der Waals surface area contributed by atoms with E-state index in [9.17, 15) is 0 Å². The van der Waals surface area contributed by atoms with Gasteiger partial charge < -0.3 is 0 Å². The minimum Gasteiger partial charge on any atom is -0.192 e. The van der Waals surface area contributed by atoms with E-state index < -0.39 is 0 Å². The fourth-order valence-corrected chi connectivity index (χ4v) is 2.25. The number of allylic oxidation sites excluding steroid dienone is 2. The van der Waals surface area contributed by atoms with E-state index in [2.05, 4.69) is 11.4 Å². The van der Waals surface area contributed by atoms with Gasteiger partial charge in [-0.25, -0.2) is 0 Å². The molecule has 0 saturated carbocycles. The standard InChI is InChI=1S/C9H7NS.C2H6/c10-6-7-2-1-3-9-8(7)4-5-11-9;1-2/h2,4-5H,1,3H2;1-2H3. The third-order valence-corrected chi connectivity index (χ3v) is 2.86. The van der Waals surface area contributed by atoms with Crippen LogP contribution < -0.4 is 0 Å². The Morgan fingerprint density at radius 3 is 2.92 bits per heavy atom. The summed E-state index contributed by atoms with van der Waals surface area (Å²) >= 11 is 1.75. The molecule has 0 radical (unpaired) electrons. The van der Waals surface area contributed by atoms with Crippen LogP contribution in [0.5, 0.6) is 0 Å². The molecule has 0 aliphatic heterocycles. The maximum atomic E-state index is 8.74. The molecule has 0 bridgehead atoms. The van der Waals surface area contributed by atoms with Crippen molar-refractivity contribution in [2.75, 3.05) is 0 Å². The molecule has 2 rings (SSSR count). The maximum Gasteiger partial charge on any atom is 0.0994 e. The smallest absolute Gasteiger partial charge is 0.0994 e. The average Bonchev–Trinajstić information content (AvgIpc) is 2.68. The van der Waals surface area contributed by atoms with E-state index in [1.54, 1.807) is 11.3 Å². The lowest BCUT2D eigenvalue weighted by atomic mass is 9.99. The van der Waals surface area contributed by atoms with E-state index in [-0.39, 0.29) is 0 Å². The van der Waals surface area contributed by atoms with Crippen molar-refractivity contribution in [1.82, 2.24) is 0 Å². The maximum absolute atomic E-state index is 8.74. The predicted molar refractivity (Wildman–Crippen MR) is 57.6 cm³/mol. The third kappa shape index (κ3) is 1.99. The van der Waals surface area contributed by atoms with Gasteiger partial charge >= 0.3 is 0 Å². The second-order valence-electron chi connectivity index (χ2n) is 2.53. The second-order valence-corrected chi connectivity index (χ2v) is 3.53. The predicted octanol–water partition coefficient (Wildman–Crippen LogP) is 3.63. The number of hydrogen-bond acceptors (Lipinski definition) is 2. The molecular weight excluding hydrogens is 178 g/mol. The molecule has 1 nitrogen and oxygen atoms in total. The largest absolute Gasteiger partial charge is 0.192 e. The van der Waals surface area contributed by atoms with Crippen LogP contribution in [0.25, 0.3) is 5.57 Å². The zero-order valence-corrected chi connectivity index (χ0v) is 8.82. The van der Waals surface area contributed by atoms with Gasteiger partial charge in [-0.3, -0.25) is 0 Å². The van der Waals surface area contributed by atoms with Crippen LogP contribution in [0.4, 0.5) is 0 Å². The molecule has 0 saturated heterocycles. The van der Waals surface area contributed by atoms with Crippen molar-refractivity contribution < 1.29 is 0 Å². The van der Waals surface area contributed by atoms with Crippen molar-refractivity contribution >= 4 is 16.9 Å². The highest BCUT2D eigenvalue weighted by Gasteiger charge is 2.12. The van der Waals surface area contributed by atoms with Crippen molar-refractivity contribution in [3.63, 3.8) is 0 Å². The Morgan fingerprint density at radius 2 is 2.23 bits per heavy atom. The van der Waals surface area contributed by atoms with Gasteiger partial charge in [-0.2, -0.15) is 5.26 Å². The SMILES string of the molecule is CC.N#CC1=CCCc2sccc21. The van der Waals surface area contributed by atoms with E-state index in [0.29, 0.717) is 0 Å². The first-order chi connectivity index (χ1) is 6.42. The van der Waals surface area contributed by atoms with Gasteiger partial charge in [0.2, 0.25) is 0 Å². The Bertz CT molecular complexity index is 341. The molecule has 0 atom stereocenters. The fourth-order valence-electron chi connectivity index (χ4n) is 1.34. The summed E-state index contributed by atoms with van der Waals surface area (Å²) in [6.45, 7) is 4.00. The zero-order chi connectivity index (χ0) is 9.68. The molecule has 1 heterocycles.